The Hall–Kier alpha value is -1.96. The molecule has 0 saturated heterocycles. The lowest BCUT2D eigenvalue weighted by molar-refractivity contribution is 0.154. The van der Waals surface area contributed by atoms with Crippen LogP contribution in [0.4, 0.5) is 0 Å². The summed E-state index contributed by atoms with van der Waals surface area (Å²) in [7, 11) is 0. The molecule has 2 aromatic carbocycles. The predicted molar refractivity (Wildman–Crippen MR) is 106 cm³/mol. The first-order chi connectivity index (χ1) is 12.7. The van der Waals surface area contributed by atoms with Gasteiger partial charge in [0.05, 0.1) is 0 Å². The van der Waals surface area contributed by atoms with Crippen LogP contribution in [0.25, 0.3) is 0 Å². The third kappa shape index (κ3) is 3.34. The SMILES string of the molecule is Oc1ccc(C2(c3ccc(O)cc3)CCCC(C3CCCCC3)C2)cc1. The van der Waals surface area contributed by atoms with E-state index in [1.807, 2.05) is 24.3 Å². The van der Waals surface area contributed by atoms with Crippen molar-refractivity contribution in [1.82, 2.24) is 0 Å². The minimum Gasteiger partial charge on any atom is -0.508 e. The van der Waals surface area contributed by atoms with Crippen LogP contribution in [0.5, 0.6) is 11.5 Å². The molecular formula is C24H30O2. The minimum atomic E-state index is 0.00175. The van der Waals surface area contributed by atoms with Crippen LogP contribution in [0, 0.1) is 11.8 Å². The summed E-state index contributed by atoms with van der Waals surface area (Å²) in [5.41, 5.74) is 2.62. The van der Waals surface area contributed by atoms with Gasteiger partial charge in [-0.2, -0.15) is 0 Å². The maximum atomic E-state index is 9.77. The zero-order valence-electron chi connectivity index (χ0n) is 15.5. The molecule has 0 spiro atoms. The smallest absolute Gasteiger partial charge is 0.115 e. The van der Waals surface area contributed by atoms with E-state index in [2.05, 4.69) is 24.3 Å². The Morgan fingerprint density at radius 2 is 1.12 bits per heavy atom. The summed E-state index contributed by atoms with van der Waals surface area (Å²) in [5.74, 6) is 2.31. The molecule has 0 bridgehead atoms. The lowest BCUT2D eigenvalue weighted by Crippen LogP contribution is -2.37. The quantitative estimate of drug-likeness (QED) is 0.696. The van der Waals surface area contributed by atoms with Crippen LogP contribution in [0.15, 0.2) is 48.5 Å². The van der Waals surface area contributed by atoms with Gasteiger partial charge in [-0.3, -0.25) is 0 Å². The van der Waals surface area contributed by atoms with Gasteiger partial charge in [0.15, 0.2) is 0 Å². The number of aromatic hydroxyl groups is 2. The highest BCUT2D eigenvalue weighted by atomic mass is 16.3. The van der Waals surface area contributed by atoms with Gasteiger partial charge in [-0.05, 0) is 60.1 Å². The maximum absolute atomic E-state index is 9.77. The van der Waals surface area contributed by atoms with Gasteiger partial charge in [-0.25, -0.2) is 0 Å². The van der Waals surface area contributed by atoms with Crippen molar-refractivity contribution in [3.8, 4) is 11.5 Å². The Morgan fingerprint density at radius 3 is 1.65 bits per heavy atom. The number of hydrogen-bond donors (Lipinski definition) is 2. The average molecular weight is 351 g/mol. The summed E-state index contributed by atoms with van der Waals surface area (Å²) < 4.78 is 0. The van der Waals surface area contributed by atoms with Crippen molar-refractivity contribution in [1.29, 1.82) is 0 Å². The number of benzene rings is 2. The first-order valence-corrected chi connectivity index (χ1v) is 10.3. The number of hydrogen-bond acceptors (Lipinski definition) is 2. The standard InChI is InChI=1S/C24H30O2/c25-22-12-8-20(9-13-22)24(21-10-14-23(26)15-11-21)16-4-7-19(17-24)18-5-2-1-3-6-18/h8-15,18-19,25-26H,1-7,16-17H2. The van der Waals surface area contributed by atoms with Crippen LogP contribution < -0.4 is 0 Å². The fraction of sp³-hybridized carbons (Fsp3) is 0.500. The van der Waals surface area contributed by atoms with E-state index in [4.69, 9.17) is 0 Å². The highest BCUT2D eigenvalue weighted by Gasteiger charge is 2.41. The van der Waals surface area contributed by atoms with E-state index in [0.717, 1.165) is 18.3 Å². The Kier molecular flexibility index (Phi) is 4.93. The van der Waals surface area contributed by atoms with Crippen molar-refractivity contribution in [3.05, 3.63) is 59.7 Å². The highest BCUT2D eigenvalue weighted by molar-refractivity contribution is 5.43. The van der Waals surface area contributed by atoms with Gasteiger partial charge in [-0.1, -0.05) is 69.2 Å². The summed E-state index contributed by atoms with van der Waals surface area (Å²) in [4.78, 5) is 0. The molecule has 2 N–H and O–H groups in total. The normalized spacial score (nSPS) is 23.6. The topological polar surface area (TPSA) is 40.5 Å². The summed E-state index contributed by atoms with van der Waals surface area (Å²) in [6, 6.07) is 15.7. The molecule has 2 aliphatic rings. The highest BCUT2D eigenvalue weighted by Crippen LogP contribution is 2.51. The molecular weight excluding hydrogens is 320 g/mol. The van der Waals surface area contributed by atoms with Crippen molar-refractivity contribution >= 4 is 0 Å². The van der Waals surface area contributed by atoms with Crippen LogP contribution in [0.2, 0.25) is 0 Å². The lowest BCUT2D eigenvalue weighted by atomic mass is 9.59. The zero-order chi connectivity index (χ0) is 18.0. The first-order valence-electron chi connectivity index (χ1n) is 10.3. The Morgan fingerprint density at radius 1 is 0.615 bits per heavy atom. The van der Waals surface area contributed by atoms with E-state index in [9.17, 15) is 10.2 Å². The molecule has 0 heterocycles. The van der Waals surface area contributed by atoms with Crippen LogP contribution in [-0.2, 0) is 5.41 Å². The van der Waals surface area contributed by atoms with Crippen LogP contribution >= 0.6 is 0 Å². The molecule has 0 radical (unpaired) electrons. The number of phenolic OH excluding ortho intramolecular Hbond substituents is 2. The minimum absolute atomic E-state index is 0.00175. The Balaban J connectivity index is 1.72. The molecule has 2 saturated carbocycles. The molecule has 138 valence electrons. The van der Waals surface area contributed by atoms with Gasteiger partial charge in [0.1, 0.15) is 11.5 Å². The van der Waals surface area contributed by atoms with Gasteiger partial charge >= 0.3 is 0 Å². The second kappa shape index (κ2) is 7.34. The van der Waals surface area contributed by atoms with Crippen molar-refractivity contribution in [3.63, 3.8) is 0 Å². The van der Waals surface area contributed by atoms with Gasteiger partial charge in [0.25, 0.3) is 0 Å². The Bertz CT molecular complexity index is 665. The summed E-state index contributed by atoms with van der Waals surface area (Å²) in [5, 5.41) is 19.5. The van der Waals surface area contributed by atoms with E-state index in [1.165, 1.54) is 62.5 Å². The fourth-order valence-electron chi connectivity index (χ4n) is 5.58. The van der Waals surface area contributed by atoms with Crippen LogP contribution in [0.1, 0.15) is 68.9 Å². The van der Waals surface area contributed by atoms with E-state index >= 15 is 0 Å². The fourth-order valence-corrected chi connectivity index (χ4v) is 5.58. The molecule has 2 aliphatic carbocycles. The molecule has 26 heavy (non-hydrogen) atoms. The van der Waals surface area contributed by atoms with Gasteiger partial charge < -0.3 is 10.2 Å². The number of phenols is 2. The van der Waals surface area contributed by atoms with E-state index in [0.29, 0.717) is 11.5 Å². The summed E-state index contributed by atoms with van der Waals surface area (Å²) in [6.45, 7) is 0. The second-order valence-corrected chi connectivity index (χ2v) is 8.43. The zero-order valence-corrected chi connectivity index (χ0v) is 15.5. The monoisotopic (exact) mass is 350 g/mol. The van der Waals surface area contributed by atoms with Crippen molar-refractivity contribution in [2.24, 2.45) is 11.8 Å². The molecule has 0 amide bonds. The van der Waals surface area contributed by atoms with Gasteiger partial charge in [0, 0.05) is 5.41 Å². The molecule has 4 rings (SSSR count). The van der Waals surface area contributed by atoms with Gasteiger partial charge in [-0.15, -0.1) is 0 Å². The maximum Gasteiger partial charge on any atom is 0.115 e. The third-order valence-electron chi connectivity index (χ3n) is 6.95. The van der Waals surface area contributed by atoms with E-state index in [1.54, 1.807) is 0 Å². The first kappa shape index (κ1) is 17.5. The molecule has 2 aromatic rings. The molecule has 1 atom stereocenters. The lowest BCUT2D eigenvalue weighted by Gasteiger charge is -2.45. The third-order valence-corrected chi connectivity index (χ3v) is 6.95. The van der Waals surface area contributed by atoms with Crippen molar-refractivity contribution in [2.75, 3.05) is 0 Å². The summed E-state index contributed by atoms with van der Waals surface area (Å²) >= 11 is 0. The molecule has 0 aromatic heterocycles. The predicted octanol–water partition coefficient (Wildman–Crippen LogP) is 6.15. The van der Waals surface area contributed by atoms with Crippen molar-refractivity contribution < 1.29 is 10.2 Å². The summed E-state index contributed by atoms with van der Waals surface area (Å²) in [6.07, 6.45) is 11.9. The largest absolute Gasteiger partial charge is 0.508 e. The average Bonchev–Trinajstić information content (AvgIpc) is 2.70. The molecule has 0 aliphatic heterocycles. The molecule has 2 heteroatoms. The van der Waals surface area contributed by atoms with E-state index in [-0.39, 0.29) is 5.41 Å². The van der Waals surface area contributed by atoms with E-state index < -0.39 is 0 Å². The van der Waals surface area contributed by atoms with Crippen molar-refractivity contribution in [2.45, 2.75) is 63.2 Å². The van der Waals surface area contributed by atoms with Gasteiger partial charge in [0.2, 0.25) is 0 Å². The van der Waals surface area contributed by atoms with Crippen LogP contribution in [0.3, 0.4) is 0 Å². The second-order valence-electron chi connectivity index (χ2n) is 8.43. The molecule has 2 nitrogen and oxygen atoms in total. The molecule has 2 fully saturated rings. The molecule has 1 unspecified atom stereocenters. The Labute approximate surface area is 156 Å². The van der Waals surface area contributed by atoms with Crippen LogP contribution in [-0.4, -0.2) is 10.2 Å². The number of rotatable bonds is 3.